The zero-order valence-corrected chi connectivity index (χ0v) is 6.88. The van der Waals surface area contributed by atoms with Crippen LogP contribution in [0.5, 0.6) is 0 Å². The van der Waals surface area contributed by atoms with Crippen LogP contribution < -0.4 is 5.56 Å². The van der Waals surface area contributed by atoms with Crippen LogP contribution in [0.25, 0.3) is 0 Å². The molecule has 60 valence electrons. The highest BCUT2D eigenvalue weighted by Crippen LogP contribution is 2.14. The van der Waals surface area contributed by atoms with Gasteiger partial charge < -0.3 is 4.98 Å². The second-order valence-electron chi connectivity index (χ2n) is 3.43. The van der Waals surface area contributed by atoms with Gasteiger partial charge in [0.15, 0.2) is 0 Å². The third kappa shape index (κ3) is 1.86. The molecule has 0 saturated carbocycles. The molecule has 1 heterocycles. The summed E-state index contributed by atoms with van der Waals surface area (Å²) in [6.07, 6.45) is 1.16. The van der Waals surface area contributed by atoms with Gasteiger partial charge in [0.25, 0.3) is 5.56 Å². The molecule has 0 spiro atoms. The number of nitrogens with zero attached hydrogens (tertiary/aromatic N) is 2. The summed E-state index contributed by atoms with van der Waals surface area (Å²) in [5.41, 5.74) is -0.349. The Bertz CT molecular complexity index is 297. The number of rotatable bonds is 0. The van der Waals surface area contributed by atoms with E-state index in [1.54, 1.807) is 0 Å². The summed E-state index contributed by atoms with van der Waals surface area (Å²) < 4.78 is 0. The van der Waals surface area contributed by atoms with Gasteiger partial charge in [-0.1, -0.05) is 20.8 Å². The van der Waals surface area contributed by atoms with Crippen LogP contribution in [0.1, 0.15) is 26.6 Å². The van der Waals surface area contributed by atoms with Crippen molar-refractivity contribution in [2.75, 3.05) is 0 Å². The van der Waals surface area contributed by atoms with E-state index in [1.807, 2.05) is 20.8 Å². The average Bonchev–Trinajstić information content (AvgIpc) is 1.86. The third-order valence-electron chi connectivity index (χ3n) is 1.28. The first-order chi connectivity index (χ1) is 5.00. The first-order valence-corrected chi connectivity index (χ1v) is 3.42. The summed E-state index contributed by atoms with van der Waals surface area (Å²) in [5.74, 6) is 0.616. The van der Waals surface area contributed by atoms with Crippen molar-refractivity contribution in [1.29, 1.82) is 0 Å². The van der Waals surface area contributed by atoms with Crippen LogP contribution in [0.2, 0.25) is 0 Å². The molecule has 4 heteroatoms. The summed E-state index contributed by atoms with van der Waals surface area (Å²) >= 11 is 0. The summed E-state index contributed by atoms with van der Waals surface area (Å²) in [5, 5.41) is 7.36. The van der Waals surface area contributed by atoms with E-state index in [0.29, 0.717) is 5.82 Å². The van der Waals surface area contributed by atoms with Gasteiger partial charge in [-0.2, -0.15) is 5.10 Å². The van der Waals surface area contributed by atoms with Gasteiger partial charge in [0.1, 0.15) is 12.0 Å². The Morgan fingerprint density at radius 1 is 1.45 bits per heavy atom. The smallest absolute Gasteiger partial charge is 0.269 e. The molecule has 0 radical (unpaired) electrons. The molecule has 4 nitrogen and oxygen atoms in total. The lowest BCUT2D eigenvalue weighted by molar-refractivity contribution is 0.530. The number of aromatic amines is 1. The van der Waals surface area contributed by atoms with Crippen molar-refractivity contribution in [2.24, 2.45) is 0 Å². The Morgan fingerprint density at radius 3 is 2.45 bits per heavy atom. The van der Waals surface area contributed by atoms with E-state index in [0.717, 1.165) is 6.20 Å². The maximum atomic E-state index is 10.8. The first kappa shape index (κ1) is 7.91. The normalized spacial score (nSPS) is 11.5. The van der Waals surface area contributed by atoms with E-state index in [-0.39, 0.29) is 11.0 Å². The minimum atomic E-state index is -0.204. The van der Waals surface area contributed by atoms with Gasteiger partial charge in [0.2, 0.25) is 0 Å². The van der Waals surface area contributed by atoms with E-state index in [2.05, 4.69) is 15.2 Å². The molecule has 0 aliphatic carbocycles. The van der Waals surface area contributed by atoms with Crippen LogP contribution in [-0.2, 0) is 5.41 Å². The first-order valence-electron chi connectivity index (χ1n) is 3.42. The molecule has 0 aliphatic rings. The van der Waals surface area contributed by atoms with E-state index in [1.165, 1.54) is 0 Å². The number of hydrogen-bond donors (Lipinski definition) is 1. The Kier molecular flexibility index (Phi) is 1.76. The number of hydrogen-bond acceptors (Lipinski definition) is 3. The molecule has 0 aliphatic heterocycles. The summed E-state index contributed by atoms with van der Waals surface area (Å²) in [6.45, 7) is 5.90. The molecule has 0 fully saturated rings. The van der Waals surface area contributed by atoms with E-state index in [9.17, 15) is 4.79 Å². The highest BCUT2D eigenvalue weighted by molar-refractivity contribution is 4.97. The van der Waals surface area contributed by atoms with Gasteiger partial charge in [-0.15, -0.1) is 5.10 Å². The molecular formula is C7H11N3O. The molecule has 1 aromatic heterocycles. The Balaban J connectivity index is 3.16. The van der Waals surface area contributed by atoms with Crippen LogP contribution in [0.15, 0.2) is 11.0 Å². The SMILES string of the molecule is CC(C)(C)c1nncc(=O)[nH]1. The Labute approximate surface area is 64.7 Å². The fourth-order valence-corrected chi connectivity index (χ4v) is 0.651. The molecule has 1 rings (SSSR count). The fourth-order valence-electron chi connectivity index (χ4n) is 0.651. The maximum Gasteiger partial charge on any atom is 0.269 e. The number of aromatic nitrogens is 3. The van der Waals surface area contributed by atoms with Crippen molar-refractivity contribution in [3.63, 3.8) is 0 Å². The van der Waals surface area contributed by atoms with Crippen molar-refractivity contribution >= 4 is 0 Å². The average molecular weight is 153 g/mol. The summed E-state index contributed by atoms with van der Waals surface area (Å²) in [7, 11) is 0. The van der Waals surface area contributed by atoms with E-state index in [4.69, 9.17) is 0 Å². The Morgan fingerprint density at radius 2 is 2.09 bits per heavy atom. The van der Waals surface area contributed by atoms with Crippen molar-refractivity contribution in [2.45, 2.75) is 26.2 Å². The predicted octanol–water partition coefficient (Wildman–Crippen LogP) is 0.462. The third-order valence-corrected chi connectivity index (χ3v) is 1.28. The molecule has 1 aromatic rings. The lowest BCUT2D eigenvalue weighted by Crippen LogP contribution is -2.22. The monoisotopic (exact) mass is 153 g/mol. The van der Waals surface area contributed by atoms with Crippen LogP contribution in [0.3, 0.4) is 0 Å². The fraction of sp³-hybridized carbons (Fsp3) is 0.571. The number of H-pyrrole nitrogens is 1. The molecule has 0 bridgehead atoms. The lowest BCUT2D eigenvalue weighted by atomic mass is 9.96. The summed E-state index contributed by atoms with van der Waals surface area (Å²) in [4.78, 5) is 13.4. The molecule has 0 aromatic carbocycles. The van der Waals surface area contributed by atoms with Crippen molar-refractivity contribution in [3.8, 4) is 0 Å². The Hall–Kier alpha value is -1.19. The maximum absolute atomic E-state index is 10.8. The van der Waals surface area contributed by atoms with Crippen molar-refractivity contribution < 1.29 is 0 Å². The molecule has 0 saturated heterocycles. The van der Waals surface area contributed by atoms with Crippen LogP contribution in [-0.4, -0.2) is 15.2 Å². The molecular weight excluding hydrogens is 142 g/mol. The van der Waals surface area contributed by atoms with Crippen molar-refractivity contribution in [3.05, 3.63) is 22.4 Å². The molecule has 11 heavy (non-hydrogen) atoms. The quantitative estimate of drug-likeness (QED) is 0.589. The van der Waals surface area contributed by atoms with E-state index >= 15 is 0 Å². The van der Waals surface area contributed by atoms with Gasteiger partial charge in [-0.25, -0.2) is 0 Å². The minimum absolute atomic E-state index is 0.145. The molecule has 0 atom stereocenters. The minimum Gasteiger partial charge on any atom is -0.307 e. The molecule has 1 N–H and O–H groups in total. The van der Waals surface area contributed by atoms with Crippen LogP contribution >= 0.6 is 0 Å². The largest absolute Gasteiger partial charge is 0.307 e. The predicted molar refractivity (Wildman–Crippen MR) is 41.4 cm³/mol. The molecule has 0 amide bonds. The van der Waals surface area contributed by atoms with Crippen LogP contribution in [0, 0.1) is 0 Å². The van der Waals surface area contributed by atoms with Gasteiger partial charge in [0, 0.05) is 5.41 Å². The topological polar surface area (TPSA) is 58.6 Å². The molecule has 0 unspecified atom stereocenters. The van der Waals surface area contributed by atoms with Gasteiger partial charge in [-0.3, -0.25) is 4.79 Å². The van der Waals surface area contributed by atoms with Gasteiger partial charge >= 0.3 is 0 Å². The second kappa shape index (κ2) is 2.45. The van der Waals surface area contributed by atoms with Crippen LogP contribution in [0.4, 0.5) is 0 Å². The summed E-state index contributed by atoms with van der Waals surface area (Å²) in [6, 6.07) is 0. The highest BCUT2D eigenvalue weighted by Gasteiger charge is 2.16. The zero-order chi connectivity index (χ0) is 8.48. The standard InChI is InChI=1S/C7H11N3O/c1-7(2,3)6-9-5(11)4-8-10-6/h4H,1-3H3,(H,9,10,11). The van der Waals surface area contributed by atoms with Crippen molar-refractivity contribution in [1.82, 2.24) is 15.2 Å². The van der Waals surface area contributed by atoms with E-state index < -0.39 is 0 Å². The highest BCUT2D eigenvalue weighted by atomic mass is 16.1. The van der Waals surface area contributed by atoms with Gasteiger partial charge in [-0.05, 0) is 0 Å². The lowest BCUT2D eigenvalue weighted by Gasteiger charge is -2.14. The number of nitrogens with one attached hydrogen (secondary N) is 1. The van der Waals surface area contributed by atoms with Gasteiger partial charge in [0.05, 0.1) is 0 Å². The second-order valence-corrected chi connectivity index (χ2v) is 3.43. The zero-order valence-electron chi connectivity index (χ0n) is 6.88.